The molecule has 2 aliphatic heterocycles. The Morgan fingerprint density at radius 1 is 1.04 bits per heavy atom. The summed E-state index contributed by atoms with van der Waals surface area (Å²) in [4.78, 5) is 54.7. The summed E-state index contributed by atoms with van der Waals surface area (Å²) in [5, 5.41) is 0.448. The summed E-state index contributed by atoms with van der Waals surface area (Å²) in [6, 6.07) is 20.2. The molecule has 0 bridgehead atoms. The summed E-state index contributed by atoms with van der Waals surface area (Å²) < 4.78 is 26.9. The lowest BCUT2D eigenvalue weighted by Crippen LogP contribution is -2.46. The van der Waals surface area contributed by atoms with E-state index in [2.05, 4.69) is 22.6 Å². The maximum Gasteiger partial charge on any atom is 0.274 e. The fourth-order valence-electron chi connectivity index (χ4n) is 7.48. The highest BCUT2D eigenvalue weighted by Crippen LogP contribution is 2.57. The molecule has 7 rings (SSSR count). The molecule has 4 aromatic rings. The molecule has 0 spiro atoms. The van der Waals surface area contributed by atoms with E-state index in [1.807, 2.05) is 42.5 Å². The number of amides is 2. The molecule has 0 unspecified atom stereocenters. The molecule has 3 aliphatic rings. The number of hydrogen-bond donors (Lipinski definition) is 1. The minimum Gasteiger partial charge on any atom is -0.497 e. The van der Waals surface area contributed by atoms with Crippen molar-refractivity contribution in [2.75, 3.05) is 13.7 Å². The number of nitrogens with one attached hydrogen (secondary N) is 1. The number of Topliss-reactive ketones (excluding diaryl/α,β-unsaturated/α-hetero) is 1. The number of para-hydroxylation sites is 1. The highest BCUT2D eigenvalue weighted by molar-refractivity contribution is 7.20. The van der Waals surface area contributed by atoms with Gasteiger partial charge in [0.05, 0.1) is 35.3 Å². The van der Waals surface area contributed by atoms with Gasteiger partial charge in [0.1, 0.15) is 17.7 Å². The van der Waals surface area contributed by atoms with Crippen LogP contribution in [0, 0.1) is 23.1 Å². The molecule has 1 saturated carbocycles. The number of carbonyl (C=O) groups excluding carboxylic acids is 3. The van der Waals surface area contributed by atoms with E-state index in [1.165, 1.54) is 23.5 Å². The molecular weight excluding hydrogens is 670 g/mol. The first kappa shape index (κ1) is 34.7. The Labute approximate surface area is 300 Å². The molecule has 1 N–H and O–H groups in total. The number of allylic oxidation sites excluding steroid dienone is 2. The maximum atomic E-state index is 14.6. The molecule has 266 valence electrons. The normalized spacial score (nSPS) is 26.0. The zero-order valence-electron chi connectivity index (χ0n) is 28.6. The van der Waals surface area contributed by atoms with Crippen LogP contribution in [0.3, 0.4) is 0 Å². The second-order valence-corrected chi connectivity index (χ2v) is 14.8. The molecule has 1 aliphatic carbocycles. The molecule has 3 heterocycles. The van der Waals surface area contributed by atoms with E-state index in [0.29, 0.717) is 36.0 Å². The molecule has 0 radical (unpaired) electrons. The van der Waals surface area contributed by atoms with Crippen molar-refractivity contribution < 1.29 is 33.1 Å². The molecule has 1 aromatic heterocycles. The van der Waals surface area contributed by atoms with Gasteiger partial charge in [-0.15, -0.1) is 0 Å². The van der Waals surface area contributed by atoms with Crippen LogP contribution in [0.1, 0.15) is 56.9 Å². The Morgan fingerprint density at radius 3 is 2.73 bits per heavy atom. The number of ether oxygens (including phenoxy) is 2. The molecule has 9 nitrogen and oxygen atoms in total. The van der Waals surface area contributed by atoms with Gasteiger partial charge in [0.15, 0.2) is 11.5 Å². The Hall–Kier alpha value is -4.77. The highest BCUT2D eigenvalue weighted by atomic mass is 32.1. The number of hydroxylamine groups is 1. The second-order valence-electron chi connectivity index (χ2n) is 13.8. The Balaban J connectivity index is 1.16. The van der Waals surface area contributed by atoms with Crippen molar-refractivity contribution in [1.82, 2.24) is 15.4 Å². The molecule has 3 aromatic carbocycles. The van der Waals surface area contributed by atoms with Crippen molar-refractivity contribution in [2.24, 2.45) is 17.3 Å². The number of rotatable bonds is 8. The SMILES string of the molecule is COc1ccc2nc(O[C@@H]3C[C@H]4C(=O)C[C@]5(C(=O)NOc6ccccc6)C[C@@H]5/C=C\CCCCC[C@H](Cc5cccc(F)c5)C(=O)N4C3)sc2c1. The van der Waals surface area contributed by atoms with Crippen LogP contribution in [0.5, 0.6) is 16.7 Å². The van der Waals surface area contributed by atoms with E-state index >= 15 is 0 Å². The van der Waals surface area contributed by atoms with E-state index < -0.39 is 23.5 Å². The number of ketones is 1. The minimum atomic E-state index is -0.983. The minimum absolute atomic E-state index is 0.0390. The Kier molecular flexibility index (Phi) is 10.4. The van der Waals surface area contributed by atoms with Crippen LogP contribution in [-0.2, 0) is 20.8 Å². The van der Waals surface area contributed by atoms with Gasteiger partial charge in [-0.2, -0.15) is 5.48 Å². The third-order valence-corrected chi connectivity index (χ3v) is 11.3. The number of halogens is 1. The fourth-order valence-corrected chi connectivity index (χ4v) is 8.39. The van der Waals surface area contributed by atoms with E-state index in [0.717, 1.165) is 41.5 Å². The number of methoxy groups -OCH3 is 1. The first-order chi connectivity index (χ1) is 24.8. The van der Waals surface area contributed by atoms with E-state index in [1.54, 1.807) is 30.2 Å². The van der Waals surface area contributed by atoms with Gasteiger partial charge in [-0.1, -0.05) is 66.7 Å². The summed E-state index contributed by atoms with van der Waals surface area (Å²) in [5.41, 5.74) is 3.13. The topological polar surface area (TPSA) is 107 Å². The number of nitrogens with zero attached hydrogens (tertiary/aromatic N) is 2. The number of fused-ring (bicyclic) bond motifs is 3. The average molecular weight is 712 g/mol. The number of benzene rings is 3. The number of carbonyl (C=O) groups is 3. The lowest BCUT2D eigenvalue weighted by Gasteiger charge is -2.29. The van der Waals surface area contributed by atoms with Crippen LogP contribution in [-0.4, -0.2) is 53.3 Å². The molecule has 51 heavy (non-hydrogen) atoms. The van der Waals surface area contributed by atoms with Crippen molar-refractivity contribution in [2.45, 2.75) is 69.9 Å². The standard InChI is InChI=1S/C40H42FN3O6S/c1-48-31-17-18-33-36(22-31)51-39(42-33)49-32-21-34-35(45)24-40(38(47)43-50-30-15-8-5-9-16-30)23-28(40)13-7-4-2-3-6-12-27(37(46)44(34)25-32)19-26-11-10-14-29(41)20-26/h5,7-11,13-18,20,22,27-28,32,34H,2-4,6,12,19,21,23-25H2,1H3,(H,43,47)/b13-7-/t27-,28+,32-,34+,40-/m1/s1. The van der Waals surface area contributed by atoms with Gasteiger partial charge in [0.25, 0.3) is 11.1 Å². The summed E-state index contributed by atoms with van der Waals surface area (Å²) >= 11 is 1.38. The van der Waals surface area contributed by atoms with E-state index in [-0.39, 0.29) is 48.7 Å². The highest BCUT2D eigenvalue weighted by Gasteiger charge is 2.61. The fraction of sp³-hybridized carbons (Fsp3) is 0.400. The summed E-state index contributed by atoms with van der Waals surface area (Å²) in [7, 11) is 1.61. The first-order valence-corrected chi connectivity index (χ1v) is 18.5. The van der Waals surface area contributed by atoms with Gasteiger partial charge >= 0.3 is 0 Å². The van der Waals surface area contributed by atoms with Gasteiger partial charge in [0, 0.05) is 18.8 Å². The van der Waals surface area contributed by atoms with Crippen molar-refractivity contribution in [3.63, 3.8) is 0 Å². The third-order valence-electron chi connectivity index (χ3n) is 10.4. The quantitative estimate of drug-likeness (QED) is 0.152. The smallest absolute Gasteiger partial charge is 0.274 e. The second kappa shape index (κ2) is 15.2. The monoisotopic (exact) mass is 711 g/mol. The molecule has 1 saturated heterocycles. The predicted molar refractivity (Wildman–Crippen MR) is 192 cm³/mol. The summed E-state index contributed by atoms with van der Waals surface area (Å²) in [6.45, 7) is 0.202. The Bertz CT molecular complexity index is 1920. The van der Waals surface area contributed by atoms with Crippen LogP contribution < -0.4 is 19.8 Å². The van der Waals surface area contributed by atoms with Crippen molar-refractivity contribution >= 4 is 39.2 Å². The van der Waals surface area contributed by atoms with Crippen LogP contribution in [0.25, 0.3) is 10.2 Å². The van der Waals surface area contributed by atoms with Crippen LogP contribution >= 0.6 is 11.3 Å². The lowest BCUT2D eigenvalue weighted by atomic mass is 9.90. The number of thiazole rings is 1. The summed E-state index contributed by atoms with van der Waals surface area (Å²) in [5.74, 6) is -0.396. The van der Waals surface area contributed by atoms with Crippen molar-refractivity contribution in [1.29, 1.82) is 0 Å². The number of hydrogen-bond acceptors (Lipinski definition) is 8. The number of aromatic nitrogens is 1. The van der Waals surface area contributed by atoms with Crippen LogP contribution in [0.4, 0.5) is 4.39 Å². The van der Waals surface area contributed by atoms with Gasteiger partial charge in [-0.3, -0.25) is 14.4 Å². The Morgan fingerprint density at radius 2 is 1.90 bits per heavy atom. The molecule has 2 amide bonds. The van der Waals surface area contributed by atoms with Crippen molar-refractivity contribution in [3.8, 4) is 16.7 Å². The zero-order chi connectivity index (χ0) is 35.4. The molecule has 2 fully saturated rings. The van der Waals surface area contributed by atoms with Gasteiger partial charge < -0.3 is 19.2 Å². The van der Waals surface area contributed by atoms with Gasteiger partial charge in [0.2, 0.25) is 5.91 Å². The third kappa shape index (κ3) is 7.93. The maximum absolute atomic E-state index is 14.6. The lowest BCUT2D eigenvalue weighted by molar-refractivity contribution is -0.143. The molecule has 11 heteroatoms. The van der Waals surface area contributed by atoms with Crippen LogP contribution in [0.2, 0.25) is 0 Å². The first-order valence-electron chi connectivity index (χ1n) is 17.7. The molecule has 5 atom stereocenters. The van der Waals surface area contributed by atoms with Gasteiger partial charge in [-0.25, -0.2) is 9.37 Å². The average Bonchev–Trinajstić information content (AvgIpc) is 3.44. The zero-order valence-corrected chi connectivity index (χ0v) is 29.4. The van der Waals surface area contributed by atoms with Crippen LogP contribution in [0.15, 0.2) is 84.9 Å². The largest absolute Gasteiger partial charge is 0.497 e. The molecular formula is C40H42FN3O6S. The predicted octanol–water partition coefficient (Wildman–Crippen LogP) is 7.25. The van der Waals surface area contributed by atoms with E-state index in [4.69, 9.17) is 14.3 Å². The summed E-state index contributed by atoms with van der Waals surface area (Å²) in [6.07, 6.45) is 8.95. The van der Waals surface area contributed by atoms with Gasteiger partial charge in [-0.05, 0) is 86.1 Å². The van der Waals surface area contributed by atoms with E-state index in [9.17, 15) is 18.8 Å². The van der Waals surface area contributed by atoms with Crippen molar-refractivity contribution in [3.05, 3.63) is 96.3 Å².